The van der Waals surface area contributed by atoms with Gasteiger partial charge in [-0.2, -0.15) is 11.8 Å². The number of hydrogen-bond donors (Lipinski definition) is 1. The Labute approximate surface area is 101 Å². The average molecular weight is 240 g/mol. The summed E-state index contributed by atoms with van der Waals surface area (Å²) < 4.78 is 0. The van der Waals surface area contributed by atoms with Crippen LogP contribution < -0.4 is 5.32 Å². The van der Waals surface area contributed by atoms with Gasteiger partial charge in [0.2, 0.25) is 5.91 Å². The molecule has 1 amide bonds. The summed E-state index contributed by atoms with van der Waals surface area (Å²) in [6, 6.07) is 0. The van der Waals surface area contributed by atoms with Crippen molar-refractivity contribution in [3.63, 3.8) is 0 Å². The van der Waals surface area contributed by atoms with Gasteiger partial charge in [0.25, 0.3) is 0 Å². The first-order chi connectivity index (χ1) is 7.82. The minimum atomic E-state index is 0.373. The molecule has 90 valence electrons. The molecule has 3 fully saturated rings. The van der Waals surface area contributed by atoms with E-state index >= 15 is 0 Å². The Morgan fingerprint density at radius 1 is 1.25 bits per heavy atom. The fraction of sp³-hybridized carbons (Fsp3) is 0.917. The van der Waals surface area contributed by atoms with Crippen molar-refractivity contribution in [2.45, 2.75) is 19.3 Å². The van der Waals surface area contributed by atoms with Crippen LogP contribution in [0.1, 0.15) is 19.3 Å². The molecule has 1 N–H and O–H groups in total. The van der Waals surface area contributed by atoms with Crippen LogP contribution in [0.15, 0.2) is 0 Å². The topological polar surface area (TPSA) is 32.3 Å². The molecule has 3 nitrogen and oxygen atoms in total. The highest BCUT2D eigenvalue weighted by Crippen LogP contribution is 2.59. The third-order valence-corrected chi connectivity index (χ3v) is 5.35. The van der Waals surface area contributed by atoms with E-state index in [1.54, 1.807) is 0 Å². The molecule has 0 aromatic rings. The standard InChI is InChI=1S/C12H20N2OS/c15-11(14-5-7-16-8-6-14)10-9-12(10)1-3-13-4-2-12/h10,13H,1-9H2/t10-/m0/s1. The Morgan fingerprint density at radius 3 is 2.62 bits per heavy atom. The molecule has 3 aliphatic rings. The van der Waals surface area contributed by atoms with E-state index in [-0.39, 0.29) is 0 Å². The summed E-state index contributed by atoms with van der Waals surface area (Å²) in [7, 11) is 0. The quantitative estimate of drug-likeness (QED) is 0.741. The third-order valence-electron chi connectivity index (χ3n) is 4.41. The molecule has 4 heteroatoms. The maximum absolute atomic E-state index is 12.3. The summed E-state index contributed by atoms with van der Waals surface area (Å²) in [5, 5.41) is 3.39. The predicted octanol–water partition coefficient (Wildman–Crippen LogP) is 0.951. The fourth-order valence-electron chi connectivity index (χ4n) is 3.18. The fourth-order valence-corrected chi connectivity index (χ4v) is 4.08. The first-order valence-electron chi connectivity index (χ1n) is 6.39. The predicted molar refractivity (Wildman–Crippen MR) is 66.5 cm³/mol. The Balaban J connectivity index is 1.60. The van der Waals surface area contributed by atoms with Gasteiger partial charge in [0.05, 0.1) is 0 Å². The van der Waals surface area contributed by atoms with Gasteiger partial charge in [-0.25, -0.2) is 0 Å². The van der Waals surface area contributed by atoms with Crippen LogP contribution in [-0.2, 0) is 4.79 Å². The average Bonchev–Trinajstić information content (AvgIpc) is 3.04. The van der Waals surface area contributed by atoms with Crippen molar-refractivity contribution in [1.29, 1.82) is 0 Å². The second-order valence-electron chi connectivity index (χ2n) is 5.31. The van der Waals surface area contributed by atoms with Crippen molar-refractivity contribution >= 4 is 17.7 Å². The number of carbonyl (C=O) groups excluding carboxylic acids is 1. The van der Waals surface area contributed by atoms with Gasteiger partial charge in [-0.15, -0.1) is 0 Å². The lowest BCUT2D eigenvalue weighted by Crippen LogP contribution is -2.40. The maximum atomic E-state index is 12.3. The van der Waals surface area contributed by atoms with E-state index in [0.717, 1.165) is 44.1 Å². The molecule has 1 saturated carbocycles. The highest BCUT2D eigenvalue weighted by Gasteiger charge is 2.58. The van der Waals surface area contributed by atoms with Crippen LogP contribution in [0, 0.1) is 11.3 Å². The molecular formula is C12H20N2OS. The Bertz CT molecular complexity index is 283. The number of hydrogen-bond acceptors (Lipinski definition) is 3. The summed E-state index contributed by atoms with van der Waals surface area (Å²) in [5.41, 5.74) is 0.410. The molecule has 2 saturated heterocycles. The highest BCUT2D eigenvalue weighted by molar-refractivity contribution is 7.99. The molecule has 0 aromatic carbocycles. The van der Waals surface area contributed by atoms with Gasteiger partial charge < -0.3 is 10.2 Å². The third kappa shape index (κ3) is 1.86. The molecule has 1 aliphatic carbocycles. The molecule has 0 radical (unpaired) electrons. The van der Waals surface area contributed by atoms with Crippen LogP contribution >= 0.6 is 11.8 Å². The zero-order chi connectivity index (χ0) is 11.0. The lowest BCUT2D eigenvalue weighted by molar-refractivity contribution is -0.133. The molecule has 2 aliphatic heterocycles. The summed E-state index contributed by atoms with van der Waals surface area (Å²) in [6.07, 6.45) is 3.59. The number of thioether (sulfide) groups is 1. The summed E-state index contributed by atoms with van der Waals surface area (Å²) in [5.74, 6) is 3.10. The smallest absolute Gasteiger partial charge is 0.226 e. The Hall–Kier alpha value is -0.220. The monoisotopic (exact) mass is 240 g/mol. The highest BCUT2D eigenvalue weighted by atomic mass is 32.2. The number of nitrogens with zero attached hydrogens (tertiary/aromatic N) is 1. The van der Waals surface area contributed by atoms with Crippen molar-refractivity contribution in [2.75, 3.05) is 37.7 Å². The minimum Gasteiger partial charge on any atom is -0.341 e. The Morgan fingerprint density at radius 2 is 1.94 bits per heavy atom. The number of rotatable bonds is 1. The molecular weight excluding hydrogens is 220 g/mol. The SMILES string of the molecule is O=C([C@@H]1CC12CCNCC2)N1CCSCC1. The molecule has 0 aromatic heterocycles. The summed E-state index contributed by atoms with van der Waals surface area (Å²) in [6.45, 7) is 4.18. The van der Waals surface area contributed by atoms with Gasteiger partial charge >= 0.3 is 0 Å². The van der Waals surface area contributed by atoms with E-state index in [2.05, 4.69) is 10.2 Å². The van der Waals surface area contributed by atoms with Crippen molar-refractivity contribution in [1.82, 2.24) is 10.2 Å². The molecule has 0 bridgehead atoms. The zero-order valence-electron chi connectivity index (χ0n) is 9.71. The number of piperidine rings is 1. The van der Waals surface area contributed by atoms with Crippen LogP contribution in [0.5, 0.6) is 0 Å². The van der Waals surface area contributed by atoms with E-state index in [4.69, 9.17) is 0 Å². The minimum absolute atomic E-state index is 0.373. The van der Waals surface area contributed by atoms with Crippen LogP contribution in [0.2, 0.25) is 0 Å². The van der Waals surface area contributed by atoms with Gasteiger partial charge in [-0.1, -0.05) is 0 Å². The molecule has 2 heterocycles. The van der Waals surface area contributed by atoms with Gasteiger partial charge in [0, 0.05) is 30.5 Å². The van der Waals surface area contributed by atoms with Crippen molar-refractivity contribution in [2.24, 2.45) is 11.3 Å². The van der Waals surface area contributed by atoms with Crippen LogP contribution in [-0.4, -0.2) is 48.5 Å². The van der Waals surface area contributed by atoms with Crippen LogP contribution in [0.25, 0.3) is 0 Å². The van der Waals surface area contributed by atoms with Gasteiger partial charge in [0.15, 0.2) is 0 Å². The number of nitrogens with one attached hydrogen (secondary N) is 1. The second-order valence-corrected chi connectivity index (χ2v) is 6.53. The van der Waals surface area contributed by atoms with Gasteiger partial charge in [0.1, 0.15) is 0 Å². The molecule has 1 spiro atoms. The van der Waals surface area contributed by atoms with E-state index in [1.165, 1.54) is 12.8 Å². The molecule has 1 atom stereocenters. The summed E-state index contributed by atoms with van der Waals surface area (Å²) >= 11 is 1.97. The number of amides is 1. The first kappa shape index (κ1) is 10.9. The van der Waals surface area contributed by atoms with E-state index in [9.17, 15) is 4.79 Å². The van der Waals surface area contributed by atoms with Crippen LogP contribution in [0.4, 0.5) is 0 Å². The van der Waals surface area contributed by atoms with Crippen molar-refractivity contribution in [3.05, 3.63) is 0 Å². The Kier molecular flexibility index (Phi) is 2.88. The van der Waals surface area contributed by atoms with Gasteiger partial charge in [-0.05, 0) is 37.8 Å². The zero-order valence-corrected chi connectivity index (χ0v) is 10.5. The summed E-state index contributed by atoms with van der Waals surface area (Å²) in [4.78, 5) is 14.4. The molecule has 3 rings (SSSR count). The lowest BCUT2D eigenvalue weighted by Gasteiger charge is -2.29. The number of carbonyl (C=O) groups is 1. The van der Waals surface area contributed by atoms with Crippen molar-refractivity contribution in [3.8, 4) is 0 Å². The van der Waals surface area contributed by atoms with E-state index < -0.39 is 0 Å². The molecule has 0 unspecified atom stereocenters. The van der Waals surface area contributed by atoms with E-state index in [0.29, 0.717) is 17.2 Å². The normalized spacial score (nSPS) is 32.8. The van der Waals surface area contributed by atoms with Crippen molar-refractivity contribution < 1.29 is 4.79 Å². The maximum Gasteiger partial charge on any atom is 0.226 e. The van der Waals surface area contributed by atoms with Gasteiger partial charge in [-0.3, -0.25) is 4.79 Å². The largest absolute Gasteiger partial charge is 0.341 e. The first-order valence-corrected chi connectivity index (χ1v) is 7.55. The lowest BCUT2D eigenvalue weighted by atomic mass is 9.91. The second kappa shape index (κ2) is 4.22. The van der Waals surface area contributed by atoms with Crippen LogP contribution in [0.3, 0.4) is 0 Å². The van der Waals surface area contributed by atoms with E-state index in [1.807, 2.05) is 11.8 Å². The molecule has 16 heavy (non-hydrogen) atoms.